The maximum atomic E-state index is 12.0. The lowest BCUT2D eigenvalue weighted by Crippen LogP contribution is -2.18. The molecule has 0 atom stereocenters. The molecule has 118 valence electrons. The first-order valence-corrected chi connectivity index (χ1v) is 8.32. The lowest BCUT2D eigenvalue weighted by molar-refractivity contribution is 0.101. The Kier molecular flexibility index (Phi) is 4.09. The molecule has 0 amide bonds. The zero-order valence-electron chi connectivity index (χ0n) is 14.1. The second kappa shape index (κ2) is 5.88. The predicted octanol–water partition coefficient (Wildman–Crippen LogP) is 4.10. The van der Waals surface area contributed by atoms with Crippen LogP contribution in [-0.4, -0.2) is 28.3 Å². The van der Waals surface area contributed by atoms with E-state index in [9.17, 15) is 4.79 Å². The molecule has 22 heavy (non-hydrogen) atoms. The van der Waals surface area contributed by atoms with Crippen molar-refractivity contribution in [3.63, 3.8) is 0 Å². The van der Waals surface area contributed by atoms with Gasteiger partial charge in [0, 0.05) is 30.7 Å². The summed E-state index contributed by atoms with van der Waals surface area (Å²) in [4.78, 5) is 14.5. The van der Waals surface area contributed by atoms with Crippen molar-refractivity contribution in [2.75, 3.05) is 13.1 Å². The Labute approximate surface area is 132 Å². The number of ketones is 1. The molecule has 3 nitrogen and oxygen atoms in total. The number of hydrogen-bond donors (Lipinski definition) is 0. The number of nitrogens with zero attached hydrogens (tertiary/aromatic N) is 2. The molecule has 2 aromatic rings. The molecule has 1 aromatic heterocycles. The normalized spacial score (nSPS) is 16.0. The number of carbonyl (C=O) groups excluding carboxylic acids is 1. The van der Waals surface area contributed by atoms with Gasteiger partial charge in [-0.25, -0.2) is 0 Å². The van der Waals surface area contributed by atoms with Gasteiger partial charge in [-0.1, -0.05) is 19.9 Å². The first-order valence-electron chi connectivity index (χ1n) is 8.32. The first-order chi connectivity index (χ1) is 10.5. The van der Waals surface area contributed by atoms with Crippen molar-refractivity contribution in [2.24, 2.45) is 7.05 Å². The van der Waals surface area contributed by atoms with E-state index in [-0.39, 0.29) is 5.78 Å². The van der Waals surface area contributed by atoms with Crippen molar-refractivity contribution < 1.29 is 4.79 Å². The summed E-state index contributed by atoms with van der Waals surface area (Å²) in [7, 11) is 2.04. The maximum absolute atomic E-state index is 12.0. The van der Waals surface area contributed by atoms with Crippen LogP contribution in [0.3, 0.4) is 0 Å². The summed E-state index contributed by atoms with van der Waals surface area (Å²) in [6, 6.07) is 4.57. The van der Waals surface area contributed by atoms with Gasteiger partial charge in [-0.05, 0) is 56.0 Å². The zero-order valence-corrected chi connectivity index (χ0v) is 14.1. The summed E-state index contributed by atoms with van der Waals surface area (Å²) >= 11 is 0. The second-order valence-corrected chi connectivity index (χ2v) is 6.93. The number of fused-ring (bicyclic) bond motifs is 1. The number of likely N-dealkylation sites (tertiary alicyclic amines) is 1. The van der Waals surface area contributed by atoms with Gasteiger partial charge in [0.1, 0.15) is 0 Å². The first kappa shape index (κ1) is 15.3. The number of hydrogen-bond acceptors (Lipinski definition) is 2. The van der Waals surface area contributed by atoms with E-state index in [1.807, 2.05) is 13.2 Å². The fourth-order valence-electron chi connectivity index (χ4n) is 3.66. The SMILES string of the molecule is CC(=O)c1cn(C)c2c(C(C)C)cc(CN3CCCC3)cc12. The van der Waals surface area contributed by atoms with Crippen LogP contribution in [0.5, 0.6) is 0 Å². The smallest absolute Gasteiger partial charge is 0.161 e. The van der Waals surface area contributed by atoms with E-state index >= 15 is 0 Å². The van der Waals surface area contributed by atoms with Gasteiger partial charge in [0.25, 0.3) is 0 Å². The van der Waals surface area contributed by atoms with Crippen molar-refractivity contribution in [3.8, 4) is 0 Å². The van der Waals surface area contributed by atoms with Crippen LogP contribution in [0.1, 0.15) is 61.0 Å². The van der Waals surface area contributed by atoms with Crippen LogP contribution >= 0.6 is 0 Å². The van der Waals surface area contributed by atoms with Crippen LogP contribution in [0, 0.1) is 0 Å². The lowest BCUT2D eigenvalue weighted by atomic mass is 9.95. The Morgan fingerprint density at radius 1 is 1.23 bits per heavy atom. The van der Waals surface area contributed by atoms with Crippen molar-refractivity contribution in [1.82, 2.24) is 9.47 Å². The molecule has 0 unspecified atom stereocenters. The Morgan fingerprint density at radius 3 is 2.50 bits per heavy atom. The van der Waals surface area contributed by atoms with Gasteiger partial charge in [-0.2, -0.15) is 0 Å². The van der Waals surface area contributed by atoms with E-state index in [2.05, 4.69) is 35.4 Å². The zero-order chi connectivity index (χ0) is 15.9. The van der Waals surface area contributed by atoms with E-state index < -0.39 is 0 Å². The van der Waals surface area contributed by atoms with E-state index in [0.717, 1.165) is 17.5 Å². The Hall–Kier alpha value is -1.61. The molecule has 1 aromatic carbocycles. The quantitative estimate of drug-likeness (QED) is 0.794. The molecule has 1 aliphatic heterocycles. The topological polar surface area (TPSA) is 25.2 Å². The highest BCUT2D eigenvalue weighted by atomic mass is 16.1. The summed E-state index contributed by atoms with van der Waals surface area (Å²) in [5.74, 6) is 0.605. The van der Waals surface area contributed by atoms with Crippen molar-refractivity contribution in [2.45, 2.75) is 46.1 Å². The predicted molar refractivity (Wildman–Crippen MR) is 91.5 cm³/mol. The molecule has 0 bridgehead atoms. The van der Waals surface area contributed by atoms with Gasteiger partial charge < -0.3 is 4.57 Å². The Balaban J connectivity index is 2.13. The Morgan fingerprint density at radius 2 is 1.91 bits per heavy atom. The van der Waals surface area contributed by atoms with Gasteiger partial charge in [0.05, 0.1) is 5.52 Å². The monoisotopic (exact) mass is 298 g/mol. The number of rotatable bonds is 4. The average molecular weight is 298 g/mol. The molecule has 2 heterocycles. The molecular weight excluding hydrogens is 272 g/mol. The molecule has 1 saturated heterocycles. The third-order valence-electron chi connectivity index (χ3n) is 4.77. The third kappa shape index (κ3) is 2.70. The summed E-state index contributed by atoms with van der Waals surface area (Å²) in [6.45, 7) is 9.52. The molecule has 0 aliphatic carbocycles. The second-order valence-electron chi connectivity index (χ2n) is 6.93. The highest BCUT2D eigenvalue weighted by molar-refractivity contribution is 6.07. The minimum Gasteiger partial charge on any atom is -0.350 e. The van der Waals surface area contributed by atoms with E-state index in [1.165, 1.54) is 42.6 Å². The van der Waals surface area contributed by atoms with Crippen molar-refractivity contribution in [1.29, 1.82) is 0 Å². The van der Waals surface area contributed by atoms with E-state index in [4.69, 9.17) is 0 Å². The van der Waals surface area contributed by atoms with Crippen molar-refractivity contribution >= 4 is 16.7 Å². The van der Waals surface area contributed by atoms with Crippen LogP contribution < -0.4 is 0 Å². The van der Waals surface area contributed by atoms with Gasteiger partial charge in [-0.15, -0.1) is 0 Å². The molecule has 3 heteroatoms. The fourth-order valence-corrected chi connectivity index (χ4v) is 3.66. The molecule has 0 saturated carbocycles. The molecule has 0 N–H and O–H groups in total. The summed E-state index contributed by atoms with van der Waals surface area (Å²) in [5.41, 5.74) is 4.75. The summed E-state index contributed by atoms with van der Waals surface area (Å²) in [5, 5.41) is 1.12. The lowest BCUT2D eigenvalue weighted by Gasteiger charge is -2.17. The maximum Gasteiger partial charge on any atom is 0.161 e. The number of Topliss-reactive ketones (excluding diaryl/α,β-unsaturated/α-hetero) is 1. The number of aryl methyl sites for hydroxylation is 1. The number of carbonyl (C=O) groups is 1. The molecule has 1 aliphatic rings. The largest absolute Gasteiger partial charge is 0.350 e. The van der Waals surface area contributed by atoms with E-state index in [0.29, 0.717) is 5.92 Å². The van der Waals surface area contributed by atoms with Crippen molar-refractivity contribution in [3.05, 3.63) is 35.0 Å². The minimum absolute atomic E-state index is 0.152. The molecule has 0 spiro atoms. The molecular formula is C19H26N2O. The van der Waals surface area contributed by atoms with Gasteiger partial charge in [0.15, 0.2) is 5.78 Å². The van der Waals surface area contributed by atoms with Crippen LogP contribution in [0.2, 0.25) is 0 Å². The summed E-state index contributed by atoms with van der Waals surface area (Å²) in [6.07, 6.45) is 4.60. The Bertz CT molecular complexity index is 706. The van der Waals surface area contributed by atoms with Crippen LogP contribution in [-0.2, 0) is 13.6 Å². The highest BCUT2D eigenvalue weighted by Gasteiger charge is 2.18. The molecule has 1 fully saturated rings. The van der Waals surface area contributed by atoms with Gasteiger partial charge >= 0.3 is 0 Å². The molecule has 0 radical (unpaired) electrons. The standard InChI is InChI=1S/C19H26N2O/c1-13(2)16-9-15(11-21-7-5-6-8-21)10-17-18(14(3)22)12-20(4)19(16)17/h9-10,12-13H,5-8,11H2,1-4H3. The molecule has 3 rings (SSSR count). The fraction of sp³-hybridized carbons (Fsp3) is 0.526. The number of aromatic nitrogens is 1. The third-order valence-corrected chi connectivity index (χ3v) is 4.77. The van der Waals surface area contributed by atoms with Gasteiger partial charge in [-0.3, -0.25) is 9.69 Å². The van der Waals surface area contributed by atoms with Crippen LogP contribution in [0.4, 0.5) is 0 Å². The average Bonchev–Trinajstić information content (AvgIpc) is 3.06. The minimum atomic E-state index is 0.152. The summed E-state index contributed by atoms with van der Waals surface area (Å²) < 4.78 is 2.11. The number of benzene rings is 1. The highest BCUT2D eigenvalue weighted by Crippen LogP contribution is 2.31. The van der Waals surface area contributed by atoms with Crippen LogP contribution in [0.25, 0.3) is 10.9 Å². The van der Waals surface area contributed by atoms with Crippen LogP contribution in [0.15, 0.2) is 18.3 Å². The van der Waals surface area contributed by atoms with E-state index in [1.54, 1.807) is 6.92 Å². The van der Waals surface area contributed by atoms with Gasteiger partial charge in [0.2, 0.25) is 0 Å².